The topological polar surface area (TPSA) is 371 Å². The Hall–Kier alpha value is -0.840. The van der Waals surface area contributed by atoms with Gasteiger partial charge in [0.05, 0.1) is 50.6 Å². The predicted molar refractivity (Wildman–Crippen MR) is 142 cm³/mol. The minimum Gasteiger partial charge on any atom is -0.394 e. The molecule has 0 radical (unpaired) electrons. The fourth-order valence-corrected chi connectivity index (χ4v) is 5.72. The summed E-state index contributed by atoms with van der Waals surface area (Å²) in [5, 5.41) is 102. The molecular formula is C24H46N4O17. The summed E-state index contributed by atoms with van der Waals surface area (Å²) in [5.74, 6) is 0. The van der Waals surface area contributed by atoms with E-state index in [0.717, 1.165) is 0 Å². The molecule has 4 fully saturated rings. The van der Waals surface area contributed by atoms with Gasteiger partial charge in [0.2, 0.25) is 0 Å². The Bertz CT molecular complexity index is 925. The molecule has 0 aromatic heterocycles. The van der Waals surface area contributed by atoms with Gasteiger partial charge in [-0.25, -0.2) is 0 Å². The lowest BCUT2D eigenvalue weighted by atomic mass is 9.94. The molecule has 4 rings (SSSR count). The van der Waals surface area contributed by atoms with Crippen molar-refractivity contribution >= 4 is 0 Å². The van der Waals surface area contributed by atoms with Gasteiger partial charge in [0, 0.05) is 0 Å². The maximum absolute atomic E-state index is 11.1. The smallest absolute Gasteiger partial charge is 0.176 e. The summed E-state index contributed by atoms with van der Waals surface area (Å²) < 4.78 is 39.2. The van der Waals surface area contributed by atoms with Crippen LogP contribution < -0.4 is 22.9 Å². The summed E-state index contributed by atoms with van der Waals surface area (Å²) >= 11 is 0. The number of nitrogens with two attached hydrogens (primary N) is 4. The van der Waals surface area contributed by atoms with Gasteiger partial charge in [0.15, 0.2) is 25.2 Å². The van der Waals surface area contributed by atoms with Crippen LogP contribution in [0, 0.1) is 0 Å². The molecule has 0 aromatic carbocycles. The highest BCUT2D eigenvalue weighted by Gasteiger charge is 2.54. The first kappa shape index (κ1) is 37.0. The van der Waals surface area contributed by atoms with Gasteiger partial charge in [-0.3, -0.25) is 0 Å². The minimum absolute atomic E-state index is 0.688. The van der Waals surface area contributed by atoms with Gasteiger partial charge in [0.1, 0.15) is 73.2 Å². The molecule has 0 saturated carbocycles. The third-order valence-corrected chi connectivity index (χ3v) is 8.52. The number of aliphatic hydroxyl groups excluding tert-OH is 10. The van der Waals surface area contributed by atoms with Crippen LogP contribution in [-0.2, 0) is 33.2 Å². The summed E-state index contributed by atoms with van der Waals surface area (Å²) in [6.45, 7) is -2.91. The first-order valence-corrected chi connectivity index (χ1v) is 14.4. The van der Waals surface area contributed by atoms with Crippen LogP contribution in [0.15, 0.2) is 0 Å². The number of hydrogen-bond acceptors (Lipinski definition) is 21. The Balaban J connectivity index is 1.43. The van der Waals surface area contributed by atoms with Gasteiger partial charge in [0.25, 0.3) is 0 Å². The molecule has 45 heavy (non-hydrogen) atoms. The van der Waals surface area contributed by atoms with Crippen molar-refractivity contribution in [2.75, 3.05) is 26.4 Å². The quantitative estimate of drug-likeness (QED) is 0.103. The van der Waals surface area contributed by atoms with E-state index in [1.54, 1.807) is 0 Å². The van der Waals surface area contributed by atoms with Crippen molar-refractivity contribution in [3.05, 3.63) is 0 Å². The van der Waals surface area contributed by atoms with Crippen molar-refractivity contribution in [2.45, 2.75) is 123 Å². The summed E-state index contributed by atoms with van der Waals surface area (Å²) in [7, 11) is 0. The molecule has 21 heteroatoms. The largest absolute Gasteiger partial charge is 0.394 e. The lowest BCUT2D eigenvalue weighted by Crippen LogP contribution is -2.70. The van der Waals surface area contributed by atoms with Crippen LogP contribution in [0.25, 0.3) is 0 Å². The van der Waals surface area contributed by atoms with Crippen molar-refractivity contribution in [3.63, 3.8) is 0 Å². The van der Waals surface area contributed by atoms with Crippen LogP contribution in [0.3, 0.4) is 0 Å². The Morgan fingerprint density at radius 3 is 1.09 bits per heavy atom. The van der Waals surface area contributed by atoms with Crippen LogP contribution in [0.5, 0.6) is 0 Å². The fourth-order valence-electron chi connectivity index (χ4n) is 5.72. The third kappa shape index (κ3) is 7.44. The summed E-state index contributed by atoms with van der Waals surface area (Å²) in [6.07, 6.45) is -23.5. The van der Waals surface area contributed by atoms with Crippen LogP contribution >= 0.6 is 0 Å². The van der Waals surface area contributed by atoms with E-state index in [2.05, 4.69) is 0 Å². The van der Waals surface area contributed by atoms with Crippen molar-refractivity contribution in [3.8, 4) is 0 Å². The number of ether oxygens (including phenoxy) is 7. The van der Waals surface area contributed by atoms with Gasteiger partial charge < -0.3 is 107 Å². The first-order valence-electron chi connectivity index (χ1n) is 14.4. The number of aliphatic hydroxyl groups is 10. The molecule has 0 bridgehead atoms. The van der Waals surface area contributed by atoms with Crippen LogP contribution in [0.4, 0.5) is 0 Å². The van der Waals surface area contributed by atoms with E-state index in [1.807, 2.05) is 0 Å². The van der Waals surface area contributed by atoms with E-state index < -0.39 is 149 Å². The molecule has 4 heterocycles. The molecule has 4 aliphatic heterocycles. The van der Waals surface area contributed by atoms with Crippen LogP contribution in [0.1, 0.15) is 0 Å². The van der Waals surface area contributed by atoms with Gasteiger partial charge in [-0.2, -0.15) is 0 Å². The summed E-state index contributed by atoms with van der Waals surface area (Å²) in [6, 6.07) is -5.48. The predicted octanol–water partition coefficient (Wildman–Crippen LogP) is -9.88. The lowest BCUT2D eigenvalue weighted by Gasteiger charge is -2.49. The van der Waals surface area contributed by atoms with Gasteiger partial charge in [-0.05, 0) is 0 Å². The second-order valence-electron chi connectivity index (χ2n) is 11.5. The van der Waals surface area contributed by atoms with E-state index in [4.69, 9.17) is 56.1 Å². The Labute approximate surface area is 256 Å². The van der Waals surface area contributed by atoms with E-state index in [0.29, 0.717) is 0 Å². The standard InChI is InChI=1S/C24H46N4O17/c25-9-15(35)18(6(2-30)39-21(9)38)43-23-11(27)17(37)20(8(4-32)41-23)45-24-12(28)16(36)19(7(3-31)42-24)44-22-10(26)14(34)13(33)5(1-29)40-22/h5-24,29-38H,1-4,25-28H2. The van der Waals surface area contributed by atoms with Gasteiger partial charge in [-0.15, -0.1) is 0 Å². The van der Waals surface area contributed by atoms with Crippen molar-refractivity contribution in [1.29, 1.82) is 0 Å². The molecule has 0 aromatic rings. The molecule has 20 unspecified atom stereocenters. The summed E-state index contributed by atoms with van der Waals surface area (Å²) in [4.78, 5) is 0. The summed E-state index contributed by atoms with van der Waals surface area (Å²) in [5.41, 5.74) is 24.0. The average molecular weight is 663 g/mol. The third-order valence-electron chi connectivity index (χ3n) is 8.52. The average Bonchev–Trinajstić information content (AvgIpc) is 3.03. The molecule has 0 aliphatic carbocycles. The number of rotatable bonds is 10. The maximum atomic E-state index is 11.1. The molecule has 0 amide bonds. The van der Waals surface area contributed by atoms with E-state index in [9.17, 15) is 51.1 Å². The van der Waals surface area contributed by atoms with Gasteiger partial charge in [-0.1, -0.05) is 0 Å². The molecular weight excluding hydrogens is 616 g/mol. The molecule has 20 atom stereocenters. The molecule has 0 spiro atoms. The highest BCUT2D eigenvalue weighted by atomic mass is 16.8. The maximum Gasteiger partial charge on any atom is 0.176 e. The second kappa shape index (κ2) is 15.6. The van der Waals surface area contributed by atoms with E-state index in [-0.39, 0.29) is 0 Å². The lowest BCUT2D eigenvalue weighted by molar-refractivity contribution is -0.358. The first-order chi connectivity index (χ1) is 21.3. The zero-order valence-corrected chi connectivity index (χ0v) is 24.0. The molecule has 264 valence electrons. The second-order valence-corrected chi connectivity index (χ2v) is 11.5. The van der Waals surface area contributed by atoms with Crippen molar-refractivity contribution in [1.82, 2.24) is 0 Å². The Morgan fingerprint density at radius 1 is 0.400 bits per heavy atom. The Morgan fingerprint density at radius 2 is 0.711 bits per heavy atom. The van der Waals surface area contributed by atoms with Crippen LogP contribution in [0.2, 0.25) is 0 Å². The van der Waals surface area contributed by atoms with E-state index >= 15 is 0 Å². The molecule has 18 N–H and O–H groups in total. The van der Waals surface area contributed by atoms with Crippen LogP contribution in [-0.4, -0.2) is 200 Å². The SMILES string of the molecule is NC1C(OC2C(CO)OC(OC3C(CO)OC(OC4C(CO)OC(O)C(N)C4O)C(N)C3O)C(N)C2O)OC(CO)C(O)C1O. The monoisotopic (exact) mass is 662 g/mol. The van der Waals surface area contributed by atoms with Crippen molar-refractivity contribution in [2.24, 2.45) is 22.9 Å². The fraction of sp³-hybridized carbons (Fsp3) is 1.00. The number of hydrogen-bond donors (Lipinski definition) is 14. The normalized spacial score (nSPS) is 52.9. The highest BCUT2D eigenvalue weighted by Crippen LogP contribution is 2.33. The highest BCUT2D eigenvalue weighted by molar-refractivity contribution is 5.00. The van der Waals surface area contributed by atoms with E-state index in [1.165, 1.54) is 0 Å². The Kier molecular flexibility index (Phi) is 12.8. The van der Waals surface area contributed by atoms with Gasteiger partial charge >= 0.3 is 0 Å². The minimum atomic E-state index is -1.65. The molecule has 4 aliphatic rings. The molecule has 4 saturated heterocycles. The molecule has 21 nitrogen and oxygen atoms in total. The van der Waals surface area contributed by atoms with Crippen molar-refractivity contribution < 1.29 is 84.2 Å². The zero-order valence-electron chi connectivity index (χ0n) is 24.0. The zero-order chi connectivity index (χ0) is 33.3.